The van der Waals surface area contributed by atoms with Crippen LogP contribution in [-0.4, -0.2) is 16.0 Å². The van der Waals surface area contributed by atoms with Crippen LogP contribution in [0.1, 0.15) is 36.7 Å². The molecule has 0 aliphatic rings. The Morgan fingerprint density at radius 1 is 0.950 bits per heavy atom. The molecule has 0 spiro atoms. The van der Waals surface area contributed by atoms with Crippen molar-refractivity contribution in [3.8, 4) is 0 Å². The monoisotopic (exact) mass is 310 g/mol. The van der Waals surface area contributed by atoms with Crippen molar-refractivity contribution in [3.05, 3.63) is 17.0 Å². The molecule has 20 heavy (non-hydrogen) atoms. The van der Waals surface area contributed by atoms with Crippen molar-refractivity contribution < 1.29 is 35.1 Å². The number of aromatic nitrogens is 2. The Morgan fingerprint density at radius 2 is 1.40 bits per heavy atom. The lowest BCUT2D eigenvalue weighted by molar-refractivity contribution is -0.292. The quantitative estimate of drug-likeness (QED) is 0.748. The lowest BCUT2D eigenvalue weighted by Crippen LogP contribution is -2.36. The predicted molar refractivity (Wildman–Crippen MR) is 52.2 cm³/mol. The van der Waals surface area contributed by atoms with E-state index in [2.05, 4.69) is 5.10 Å². The lowest BCUT2D eigenvalue weighted by Gasteiger charge is -2.20. The Balaban J connectivity index is 3.70. The third-order valence-corrected chi connectivity index (χ3v) is 2.58. The second kappa shape index (κ2) is 4.59. The summed E-state index contributed by atoms with van der Waals surface area (Å²) in [5.74, 6) is -6.61. The Labute approximate surface area is 108 Å². The topological polar surface area (TPSA) is 17.8 Å². The molecule has 0 radical (unpaired) electrons. The van der Waals surface area contributed by atoms with Crippen LogP contribution in [0, 0.1) is 0 Å². The number of nitrogens with zero attached hydrogens (tertiary/aromatic N) is 2. The van der Waals surface area contributed by atoms with Gasteiger partial charge >= 0.3 is 18.3 Å². The van der Waals surface area contributed by atoms with E-state index in [9.17, 15) is 35.1 Å². The normalized spacial score (nSPS) is 14.2. The minimum Gasteiger partial charge on any atom is -0.271 e. The summed E-state index contributed by atoms with van der Waals surface area (Å²) >= 11 is 0. The van der Waals surface area contributed by atoms with Gasteiger partial charge in [-0.2, -0.15) is 40.2 Å². The van der Waals surface area contributed by atoms with Gasteiger partial charge in [0.25, 0.3) is 0 Å². The molecule has 0 aliphatic heterocycles. The Morgan fingerprint density at radius 3 is 1.70 bits per heavy atom. The van der Waals surface area contributed by atoms with Gasteiger partial charge in [-0.05, 0) is 5.92 Å². The highest BCUT2D eigenvalue weighted by Crippen LogP contribution is 2.49. The molecule has 0 aliphatic carbocycles. The molecular formula is C10H10F8N2. The van der Waals surface area contributed by atoms with Crippen molar-refractivity contribution in [3.63, 3.8) is 0 Å². The lowest BCUT2D eigenvalue weighted by atomic mass is 10.0. The Kier molecular flexibility index (Phi) is 3.83. The first-order valence-electron chi connectivity index (χ1n) is 5.30. The second-order valence-electron chi connectivity index (χ2n) is 4.46. The highest BCUT2D eigenvalue weighted by molar-refractivity contribution is 5.35. The number of hydrogen-bond donors (Lipinski definition) is 0. The van der Waals surface area contributed by atoms with Crippen LogP contribution >= 0.6 is 0 Å². The molecule has 1 aromatic rings. The predicted octanol–water partition coefficient (Wildman–Crippen LogP) is 4.22. The number of rotatable bonds is 2. The number of halogens is 8. The third kappa shape index (κ3) is 2.59. The molecule has 0 N–H and O–H groups in total. The van der Waals surface area contributed by atoms with E-state index in [-0.39, 0.29) is 0 Å². The molecule has 0 atom stereocenters. The molecule has 2 nitrogen and oxygen atoms in total. The average molecular weight is 310 g/mol. The first kappa shape index (κ1) is 16.7. The van der Waals surface area contributed by atoms with E-state index in [4.69, 9.17) is 0 Å². The van der Waals surface area contributed by atoms with E-state index >= 15 is 0 Å². The van der Waals surface area contributed by atoms with Gasteiger partial charge in [-0.3, -0.25) is 4.68 Å². The van der Waals surface area contributed by atoms with Crippen molar-refractivity contribution >= 4 is 0 Å². The van der Waals surface area contributed by atoms with Crippen LogP contribution in [0.4, 0.5) is 35.1 Å². The van der Waals surface area contributed by atoms with Crippen LogP contribution in [0.3, 0.4) is 0 Å². The minimum atomic E-state index is -6.16. The third-order valence-electron chi connectivity index (χ3n) is 2.58. The van der Waals surface area contributed by atoms with Gasteiger partial charge in [0.05, 0.1) is 5.69 Å². The van der Waals surface area contributed by atoms with Crippen LogP contribution in [-0.2, 0) is 19.1 Å². The summed E-state index contributed by atoms with van der Waals surface area (Å²) in [6, 6.07) is 0. The summed E-state index contributed by atoms with van der Waals surface area (Å²) in [6.07, 6.45) is -11.5. The zero-order chi connectivity index (χ0) is 16.1. The van der Waals surface area contributed by atoms with Gasteiger partial charge in [-0.25, -0.2) is 0 Å². The summed E-state index contributed by atoms with van der Waals surface area (Å²) < 4.78 is 102. The number of hydrogen-bond acceptors (Lipinski definition) is 1. The molecule has 0 aromatic carbocycles. The summed E-state index contributed by atoms with van der Waals surface area (Å²) in [4.78, 5) is 0. The van der Waals surface area contributed by atoms with E-state index in [0.29, 0.717) is 4.68 Å². The maximum Gasteiger partial charge on any atom is 0.459 e. The maximum absolute atomic E-state index is 13.2. The molecule has 0 fully saturated rings. The van der Waals surface area contributed by atoms with Crippen LogP contribution in [0.25, 0.3) is 0 Å². The van der Waals surface area contributed by atoms with Crippen LogP contribution in [0.5, 0.6) is 0 Å². The van der Waals surface area contributed by atoms with Crippen molar-refractivity contribution in [1.29, 1.82) is 0 Å². The van der Waals surface area contributed by atoms with Gasteiger partial charge in [0.15, 0.2) is 5.69 Å². The average Bonchev–Trinajstić information content (AvgIpc) is 2.53. The smallest absolute Gasteiger partial charge is 0.271 e. The molecule has 0 bridgehead atoms. The summed E-state index contributed by atoms with van der Waals surface area (Å²) in [6.45, 7) is 2.48. The molecule has 1 aromatic heterocycles. The summed E-state index contributed by atoms with van der Waals surface area (Å²) in [5, 5.41) is 2.76. The van der Waals surface area contributed by atoms with Crippen molar-refractivity contribution in [1.82, 2.24) is 9.78 Å². The zero-order valence-electron chi connectivity index (χ0n) is 10.5. The minimum absolute atomic E-state index is 0.405. The zero-order valence-corrected chi connectivity index (χ0v) is 10.5. The van der Waals surface area contributed by atoms with Gasteiger partial charge in [0.2, 0.25) is 0 Å². The van der Waals surface area contributed by atoms with Crippen molar-refractivity contribution in [2.24, 2.45) is 7.05 Å². The maximum atomic E-state index is 13.2. The highest BCUT2D eigenvalue weighted by Gasteiger charge is 2.64. The highest BCUT2D eigenvalue weighted by atomic mass is 19.4. The van der Waals surface area contributed by atoms with E-state index in [1.54, 1.807) is 0 Å². The molecule has 1 rings (SSSR count). The first-order valence-corrected chi connectivity index (χ1v) is 5.30. The molecule has 1 heterocycles. The molecule has 116 valence electrons. The molecule has 0 saturated carbocycles. The fourth-order valence-electron chi connectivity index (χ4n) is 1.83. The SMILES string of the molecule is CC(C)c1c(C(F)(F)F)c(C(F)(F)C(F)(F)F)nn1C. The van der Waals surface area contributed by atoms with E-state index in [1.165, 1.54) is 13.8 Å². The summed E-state index contributed by atoms with van der Waals surface area (Å²) in [7, 11) is 0.889. The number of aryl methyl sites for hydroxylation is 1. The number of alkyl halides is 8. The van der Waals surface area contributed by atoms with Gasteiger partial charge in [-0.1, -0.05) is 13.8 Å². The van der Waals surface area contributed by atoms with Crippen LogP contribution < -0.4 is 0 Å². The van der Waals surface area contributed by atoms with E-state index < -0.39 is 41.1 Å². The van der Waals surface area contributed by atoms with Crippen molar-refractivity contribution in [2.75, 3.05) is 0 Å². The molecular weight excluding hydrogens is 300 g/mol. The van der Waals surface area contributed by atoms with Gasteiger partial charge in [0, 0.05) is 7.05 Å². The molecule has 10 heteroatoms. The van der Waals surface area contributed by atoms with Gasteiger partial charge in [-0.15, -0.1) is 0 Å². The standard InChI is InChI=1S/C10H10F8N2/c1-4(2)6-5(9(13,14)15)7(19-20(6)3)8(11,12)10(16,17)18/h4H,1-3H3. The molecule has 0 saturated heterocycles. The van der Waals surface area contributed by atoms with Gasteiger partial charge < -0.3 is 0 Å². The Hall–Kier alpha value is -1.35. The van der Waals surface area contributed by atoms with Gasteiger partial charge in [0.1, 0.15) is 5.56 Å². The van der Waals surface area contributed by atoms with E-state index in [0.717, 1.165) is 7.05 Å². The van der Waals surface area contributed by atoms with Crippen LogP contribution in [0.2, 0.25) is 0 Å². The Bertz CT molecular complexity index is 495. The first-order chi connectivity index (χ1) is 8.71. The summed E-state index contributed by atoms with van der Waals surface area (Å²) in [5.41, 5.74) is -5.07. The van der Waals surface area contributed by atoms with E-state index in [1.807, 2.05) is 0 Å². The largest absolute Gasteiger partial charge is 0.459 e. The fourth-order valence-corrected chi connectivity index (χ4v) is 1.83. The van der Waals surface area contributed by atoms with Crippen molar-refractivity contribution in [2.45, 2.75) is 38.0 Å². The molecule has 0 amide bonds. The van der Waals surface area contributed by atoms with Crippen LogP contribution in [0.15, 0.2) is 0 Å². The fraction of sp³-hybridized carbons (Fsp3) is 0.700. The molecule has 0 unspecified atom stereocenters. The second-order valence-corrected chi connectivity index (χ2v) is 4.46.